The van der Waals surface area contributed by atoms with Crippen LogP contribution in [0, 0.1) is 6.92 Å². The maximum absolute atomic E-state index is 13.0. The summed E-state index contributed by atoms with van der Waals surface area (Å²) in [6.07, 6.45) is -0.264. The van der Waals surface area contributed by atoms with Crippen molar-refractivity contribution in [3.63, 3.8) is 0 Å². The Morgan fingerprint density at radius 1 is 1.21 bits per heavy atom. The molecule has 126 valence electrons. The van der Waals surface area contributed by atoms with Crippen molar-refractivity contribution in [2.24, 2.45) is 0 Å². The first-order chi connectivity index (χ1) is 11.3. The van der Waals surface area contributed by atoms with Crippen LogP contribution in [-0.4, -0.2) is 20.5 Å². The molecule has 0 spiro atoms. The highest BCUT2D eigenvalue weighted by Gasteiger charge is 2.32. The number of carbonyl (C=O) groups is 1. The molecule has 1 amide bonds. The zero-order chi connectivity index (χ0) is 17.5. The van der Waals surface area contributed by atoms with E-state index < -0.39 is 10.0 Å². The second-order valence-electron chi connectivity index (χ2n) is 5.57. The Morgan fingerprint density at radius 2 is 1.92 bits per heavy atom. The number of hydrogen-bond acceptors (Lipinski definition) is 4. The molecule has 8 heteroatoms. The molecule has 1 heterocycles. The second-order valence-corrected chi connectivity index (χ2v) is 7.67. The van der Waals surface area contributed by atoms with Crippen molar-refractivity contribution < 1.29 is 13.2 Å². The smallest absolute Gasteiger partial charge is 0.262 e. The molecule has 3 rings (SSSR count). The van der Waals surface area contributed by atoms with Gasteiger partial charge in [-0.25, -0.2) is 8.42 Å². The van der Waals surface area contributed by atoms with Gasteiger partial charge in [0.2, 0.25) is 0 Å². The summed E-state index contributed by atoms with van der Waals surface area (Å²) in [5.74, 6) is -0.267. The number of halogens is 1. The third-order valence-corrected chi connectivity index (χ3v) is 5.67. The molecule has 0 radical (unpaired) electrons. The van der Waals surface area contributed by atoms with Gasteiger partial charge in [0.25, 0.3) is 15.9 Å². The van der Waals surface area contributed by atoms with E-state index in [1.54, 1.807) is 15.2 Å². The molecule has 2 aromatic carbocycles. The Kier molecular flexibility index (Phi) is 4.25. The minimum Gasteiger partial charge on any atom is -0.364 e. The number of rotatable bonds is 3. The average Bonchev–Trinajstić information content (AvgIpc) is 2.56. The van der Waals surface area contributed by atoms with E-state index in [0.29, 0.717) is 5.69 Å². The first-order valence-electron chi connectivity index (χ1n) is 7.27. The number of sulfonamides is 1. The van der Waals surface area contributed by atoms with Gasteiger partial charge in [0.15, 0.2) is 0 Å². The number of nitrogens with zero attached hydrogens (tertiary/aromatic N) is 1. The first-order valence-corrected chi connectivity index (χ1v) is 9.13. The summed E-state index contributed by atoms with van der Waals surface area (Å²) in [5.41, 5.74) is 2.60. The number of benzene rings is 2. The zero-order valence-corrected chi connectivity index (χ0v) is 14.6. The minimum atomic E-state index is -3.84. The van der Waals surface area contributed by atoms with Crippen LogP contribution >= 0.6 is 11.8 Å². The Labute approximate surface area is 145 Å². The number of nitrogens with one attached hydrogen (secondary N) is 2. The molecular formula is C16H16ClN3O3S. The van der Waals surface area contributed by atoms with Gasteiger partial charge in [-0.3, -0.25) is 9.69 Å². The molecule has 0 saturated carbocycles. The van der Waals surface area contributed by atoms with Gasteiger partial charge in [0.1, 0.15) is 6.17 Å². The monoisotopic (exact) mass is 365 g/mol. The molecule has 1 atom stereocenters. The molecule has 1 aliphatic heterocycles. The second kappa shape index (κ2) is 6.08. The molecule has 0 fully saturated rings. The summed E-state index contributed by atoms with van der Waals surface area (Å²) in [6, 6.07) is 11.8. The first kappa shape index (κ1) is 16.8. The Bertz CT molecular complexity index is 915. The summed E-state index contributed by atoms with van der Waals surface area (Å²) >= 11 is 5.27. The lowest BCUT2D eigenvalue weighted by molar-refractivity contribution is 0.0976. The summed E-state index contributed by atoms with van der Waals surface area (Å²) in [5, 5.41) is 3.22. The van der Waals surface area contributed by atoms with Gasteiger partial charge in [0.05, 0.1) is 10.5 Å². The lowest BCUT2D eigenvalue weighted by atomic mass is 10.1. The van der Waals surface area contributed by atoms with Crippen LogP contribution < -0.4 is 14.5 Å². The Balaban J connectivity index is 2.11. The van der Waals surface area contributed by atoms with Gasteiger partial charge in [0, 0.05) is 11.4 Å². The zero-order valence-electron chi connectivity index (χ0n) is 13.1. The molecule has 2 N–H and O–H groups in total. The van der Waals surface area contributed by atoms with Crippen molar-refractivity contribution >= 4 is 39.1 Å². The van der Waals surface area contributed by atoms with E-state index in [2.05, 4.69) is 5.32 Å². The number of amides is 1. The fourth-order valence-electron chi connectivity index (χ4n) is 2.78. The maximum Gasteiger partial charge on any atom is 0.262 e. The lowest BCUT2D eigenvalue weighted by Gasteiger charge is -2.36. The van der Waals surface area contributed by atoms with Crippen molar-refractivity contribution in [2.45, 2.75) is 24.9 Å². The van der Waals surface area contributed by atoms with Crippen molar-refractivity contribution in [3.05, 3.63) is 53.6 Å². The summed E-state index contributed by atoms with van der Waals surface area (Å²) < 4.78 is 25.5. The van der Waals surface area contributed by atoms with E-state index in [4.69, 9.17) is 11.8 Å². The number of aryl methyl sites for hydroxylation is 1. The standard InChI is InChI=1S/C16H16ClN3O3S/c1-10-5-3-4-6-15(10)20-11(2)18-14-8-7-12(24(22,23)19-17)9-13(14)16(20)21/h3-9,11,18-19H,1-2H3. The minimum absolute atomic E-state index is 0.0642. The van der Waals surface area contributed by atoms with Crippen LogP contribution in [0.15, 0.2) is 47.4 Å². The third-order valence-electron chi connectivity index (χ3n) is 3.98. The number of carbonyl (C=O) groups excluding carboxylic acids is 1. The highest BCUT2D eigenvalue weighted by molar-refractivity contribution is 7.90. The van der Waals surface area contributed by atoms with Gasteiger partial charge in [-0.1, -0.05) is 18.2 Å². The van der Waals surface area contributed by atoms with Gasteiger partial charge < -0.3 is 5.32 Å². The number of fused-ring (bicyclic) bond motifs is 1. The fourth-order valence-corrected chi connectivity index (χ4v) is 3.66. The number of anilines is 2. The molecule has 0 aromatic heterocycles. The highest BCUT2D eigenvalue weighted by atomic mass is 35.5. The SMILES string of the molecule is Cc1ccccc1N1C(=O)c2cc(S(=O)(=O)NCl)ccc2NC1C. The van der Waals surface area contributed by atoms with Crippen LogP contribution in [0.4, 0.5) is 11.4 Å². The van der Waals surface area contributed by atoms with Crippen LogP contribution in [0.3, 0.4) is 0 Å². The summed E-state index contributed by atoms with van der Waals surface area (Å²) in [6.45, 7) is 3.79. The predicted molar refractivity (Wildman–Crippen MR) is 93.7 cm³/mol. The molecule has 0 saturated heterocycles. The molecule has 24 heavy (non-hydrogen) atoms. The van der Waals surface area contributed by atoms with Crippen molar-refractivity contribution in [1.29, 1.82) is 0 Å². The Morgan fingerprint density at radius 3 is 2.58 bits per heavy atom. The number of hydrogen-bond donors (Lipinski definition) is 2. The van der Waals surface area contributed by atoms with Gasteiger partial charge in [-0.15, -0.1) is 4.24 Å². The normalized spacial score (nSPS) is 17.4. The number of para-hydroxylation sites is 1. The molecule has 0 aliphatic carbocycles. The van der Waals surface area contributed by atoms with Gasteiger partial charge in [-0.2, -0.15) is 0 Å². The van der Waals surface area contributed by atoms with E-state index in [-0.39, 0.29) is 22.5 Å². The van der Waals surface area contributed by atoms with E-state index in [9.17, 15) is 13.2 Å². The largest absolute Gasteiger partial charge is 0.364 e. The quantitative estimate of drug-likeness (QED) is 0.820. The average molecular weight is 366 g/mol. The molecule has 0 bridgehead atoms. The van der Waals surface area contributed by atoms with Gasteiger partial charge in [-0.05, 0) is 55.5 Å². The summed E-state index contributed by atoms with van der Waals surface area (Å²) in [4.78, 5) is 14.5. The van der Waals surface area contributed by atoms with Crippen LogP contribution in [0.2, 0.25) is 0 Å². The third kappa shape index (κ3) is 2.75. The van der Waals surface area contributed by atoms with E-state index in [0.717, 1.165) is 11.3 Å². The molecular weight excluding hydrogens is 350 g/mol. The lowest BCUT2D eigenvalue weighted by Crippen LogP contribution is -2.47. The van der Waals surface area contributed by atoms with Crippen molar-refractivity contribution in [3.8, 4) is 0 Å². The molecule has 1 unspecified atom stereocenters. The van der Waals surface area contributed by atoms with Gasteiger partial charge >= 0.3 is 0 Å². The maximum atomic E-state index is 13.0. The van der Waals surface area contributed by atoms with Crippen LogP contribution in [0.25, 0.3) is 0 Å². The topological polar surface area (TPSA) is 78.5 Å². The summed E-state index contributed by atoms with van der Waals surface area (Å²) in [7, 11) is -3.84. The van der Waals surface area contributed by atoms with Crippen LogP contribution in [0.5, 0.6) is 0 Å². The fraction of sp³-hybridized carbons (Fsp3) is 0.188. The van der Waals surface area contributed by atoms with Crippen LogP contribution in [0.1, 0.15) is 22.8 Å². The van der Waals surface area contributed by atoms with E-state index in [1.807, 2.05) is 38.1 Å². The van der Waals surface area contributed by atoms with Crippen molar-refractivity contribution in [1.82, 2.24) is 4.24 Å². The molecule has 6 nitrogen and oxygen atoms in total. The predicted octanol–water partition coefficient (Wildman–Crippen LogP) is 2.85. The van der Waals surface area contributed by atoms with Crippen LogP contribution in [-0.2, 0) is 10.0 Å². The molecule has 1 aliphatic rings. The molecule has 2 aromatic rings. The highest BCUT2D eigenvalue weighted by Crippen LogP contribution is 2.32. The Hall–Kier alpha value is -2.09. The van der Waals surface area contributed by atoms with Crippen molar-refractivity contribution in [2.75, 3.05) is 10.2 Å². The van der Waals surface area contributed by atoms with E-state index in [1.165, 1.54) is 12.1 Å². The van der Waals surface area contributed by atoms with E-state index >= 15 is 0 Å².